The number of sulfone groups is 1. The molecule has 1 radical (unpaired) electrons. The summed E-state index contributed by atoms with van der Waals surface area (Å²) in [5.41, 5.74) is -2.46. The second kappa shape index (κ2) is 23.1. The average molecular weight is 1160 g/mol. The number of phenolic OH excluding ortho intramolecular Hbond substituents is 2. The van der Waals surface area contributed by atoms with E-state index in [4.69, 9.17) is 21.1 Å². The number of nitrogens with one attached hydrogen (secondary N) is 1. The number of phosphoric ester groups is 1. The number of aromatic hydroxyl groups is 2. The third-order valence-electron chi connectivity index (χ3n) is 9.41. The largest absolute Gasteiger partial charge is 0.790 e. The molecule has 0 aliphatic carbocycles. The Hall–Kier alpha value is -5.29. The van der Waals surface area contributed by atoms with Crippen LogP contribution in [-0.2, 0) is 66.3 Å². The number of methoxy groups -OCH3 is 2. The molecule has 0 amide bonds. The zero-order valence-electron chi connectivity index (χ0n) is 36.6. The minimum absolute atomic E-state index is 0. The number of hydrogen-bond acceptors (Lipinski definition) is 26. The summed E-state index contributed by atoms with van der Waals surface area (Å²) >= 11 is 6.16. The minimum atomic E-state index is -5.46. The van der Waals surface area contributed by atoms with Crippen molar-refractivity contribution >= 4 is 111 Å². The molecule has 0 saturated carbocycles. The van der Waals surface area contributed by atoms with E-state index in [0.29, 0.717) is 6.07 Å². The first-order valence-electron chi connectivity index (χ1n) is 19.0. The van der Waals surface area contributed by atoms with Crippen LogP contribution < -0.4 is 29.5 Å². The van der Waals surface area contributed by atoms with Crippen LogP contribution in [0.2, 0.25) is 5.28 Å². The fourth-order valence-electron chi connectivity index (χ4n) is 6.00. The molecule has 0 unspecified atom stereocenters. The van der Waals surface area contributed by atoms with Gasteiger partial charge in [-0.05, 0) is 55.0 Å². The van der Waals surface area contributed by atoms with Gasteiger partial charge >= 0.3 is 0 Å². The monoisotopic (exact) mass is 1160 g/mol. The van der Waals surface area contributed by atoms with Gasteiger partial charge in [0, 0.05) is 66.7 Å². The van der Waals surface area contributed by atoms with E-state index in [9.17, 15) is 71.9 Å². The number of benzene rings is 4. The number of halogens is 1. The van der Waals surface area contributed by atoms with Crippen LogP contribution in [0.3, 0.4) is 0 Å². The first-order chi connectivity index (χ1) is 32.4. The molecule has 1 aromatic heterocycles. The van der Waals surface area contributed by atoms with E-state index in [1.165, 1.54) is 27.3 Å². The van der Waals surface area contributed by atoms with Gasteiger partial charge in [-0.15, -0.1) is 20.5 Å². The topological polar surface area (TPSA) is 435 Å². The quantitative estimate of drug-likeness (QED) is 0.0251. The number of nitrogens with zero attached hydrogens (tertiary/aromatic N) is 9. The number of rotatable bonds is 22. The Morgan fingerprint density at radius 2 is 1.35 bits per heavy atom. The Labute approximate surface area is 419 Å². The number of aromatic nitrogens is 3. The molecule has 5 aromatic rings. The van der Waals surface area contributed by atoms with Crippen molar-refractivity contribution in [2.45, 2.75) is 14.7 Å². The second-order valence-electron chi connectivity index (χ2n) is 14.2. The van der Waals surface area contributed by atoms with Gasteiger partial charge in [0.15, 0.2) is 27.1 Å². The standard InChI is InChI=1S/C35H40ClN10O19PS4.Cu/c1-45(11-13-67(52,53)14-12-65-66(49,50)51)10-9-37-34-38-33(36)39-35(40-34)46(2)25-7-6-20-21(32(25)70(60,61)62)16-29(69(57,58)59)30(31(20)48)44-42-23-18-28(64-4)27(63-3)17-22(23)41-43-24-15-19(68(54,55)56)5-8-26(24)47;/h5-8,15-18,47-48H,9-14H2,1-4H3,(H2,49,50,51)(H,54,55,56)(H,57,58,59)(H,60,61,62)(H,37,38,39,40);/p-2. The van der Waals surface area contributed by atoms with Crippen molar-refractivity contribution in [3.8, 4) is 23.0 Å². The molecule has 4 aromatic carbocycles. The van der Waals surface area contributed by atoms with Crippen molar-refractivity contribution < 1.29 is 103 Å². The van der Waals surface area contributed by atoms with Crippen molar-refractivity contribution in [2.75, 3.05) is 76.3 Å². The predicted molar refractivity (Wildman–Crippen MR) is 242 cm³/mol. The van der Waals surface area contributed by atoms with Crippen molar-refractivity contribution in [2.24, 2.45) is 20.5 Å². The molecule has 0 aliphatic heterocycles. The van der Waals surface area contributed by atoms with Crippen LogP contribution in [0.5, 0.6) is 23.0 Å². The van der Waals surface area contributed by atoms with E-state index in [1.807, 2.05) is 0 Å². The summed E-state index contributed by atoms with van der Waals surface area (Å²) in [6, 6.07) is 7.61. The first-order valence-corrected chi connectivity index (χ1v) is 27.0. The van der Waals surface area contributed by atoms with Gasteiger partial charge in [0.05, 0.1) is 50.7 Å². The van der Waals surface area contributed by atoms with Crippen molar-refractivity contribution in [1.29, 1.82) is 0 Å². The normalized spacial score (nSPS) is 12.7. The average Bonchev–Trinajstić information content (AvgIpc) is 3.25. The van der Waals surface area contributed by atoms with Gasteiger partial charge in [0.25, 0.3) is 30.4 Å². The second-order valence-corrected chi connectivity index (χ2v) is 22.2. The number of likely N-dealkylation sites (N-methyl/N-ethyl adjacent to an activating group) is 1. The van der Waals surface area contributed by atoms with Crippen LogP contribution in [0.1, 0.15) is 0 Å². The number of anilines is 3. The summed E-state index contributed by atoms with van der Waals surface area (Å²) in [7, 11) is -19.5. The molecule has 0 saturated heterocycles. The molecule has 5 rings (SSSR count). The molecular formula is C35H38ClCuN10O19PS4-2. The molecule has 0 fully saturated rings. The fourth-order valence-corrected chi connectivity index (χ4v) is 9.79. The van der Waals surface area contributed by atoms with Gasteiger partial charge in [0.2, 0.25) is 17.2 Å². The molecule has 71 heavy (non-hydrogen) atoms. The van der Waals surface area contributed by atoms with Crippen LogP contribution in [-0.4, -0.2) is 143 Å². The van der Waals surface area contributed by atoms with Crippen LogP contribution in [0.25, 0.3) is 10.8 Å². The minimum Gasteiger partial charge on any atom is -0.790 e. The molecule has 0 spiro atoms. The molecule has 29 nitrogen and oxygen atoms in total. The third-order valence-corrected chi connectivity index (χ3v) is 14.3. The molecule has 0 bridgehead atoms. The molecule has 391 valence electrons. The summed E-state index contributed by atoms with van der Waals surface area (Å²) in [4.78, 5) is 33.0. The van der Waals surface area contributed by atoms with E-state index in [0.717, 1.165) is 41.3 Å². The number of ether oxygens (including phenoxy) is 2. The number of hydrogen-bond donors (Lipinski definition) is 6. The van der Waals surface area contributed by atoms with E-state index in [-0.39, 0.29) is 71.5 Å². The van der Waals surface area contributed by atoms with E-state index >= 15 is 0 Å². The van der Waals surface area contributed by atoms with E-state index < -0.39 is 125 Å². The molecule has 36 heteroatoms. The van der Waals surface area contributed by atoms with Crippen molar-refractivity contribution in [1.82, 2.24) is 19.9 Å². The summed E-state index contributed by atoms with van der Waals surface area (Å²) in [6.45, 7) is -0.637. The molecule has 6 N–H and O–H groups in total. The Morgan fingerprint density at radius 3 is 1.92 bits per heavy atom. The van der Waals surface area contributed by atoms with Gasteiger partial charge in [-0.2, -0.15) is 40.2 Å². The Kier molecular flexibility index (Phi) is 18.9. The molecule has 0 aliphatic rings. The van der Waals surface area contributed by atoms with Gasteiger partial charge in [0.1, 0.15) is 38.3 Å². The van der Waals surface area contributed by atoms with Crippen LogP contribution >= 0.6 is 19.4 Å². The molecule has 1 heterocycles. The van der Waals surface area contributed by atoms with Crippen LogP contribution in [0, 0.1) is 0 Å². The van der Waals surface area contributed by atoms with E-state index in [2.05, 4.69) is 45.2 Å². The molecular weight excluding hydrogens is 1120 g/mol. The predicted octanol–water partition coefficient (Wildman–Crippen LogP) is 3.05. The maximum Gasteiger partial charge on any atom is 0.297 e. The summed E-state index contributed by atoms with van der Waals surface area (Å²) in [5, 5.41) is 38.6. The van der Waals surface area contributed by atoms with Gasteiger partial charge in [-0.3, -0.25) is 13.7 Å². The van der Waals surface area contributed by atoms with Gasteiger partial charge in [-0.25, -0.2) is 8.42 Å². The number of phosphoric acid groups is 1. The maximum absolute atomic E-state index is 13.1. The first kappa shape index (κ1) is 58.3. The number of fused-ring (bicyclic) bond motifs is 1. The fraction of sp³-hybridized carbons (Fsp3) is 0.286. The van der Waals surface area contributed by atoms with Crippen LogP contribution in [0.15, 0.2) is 83.7 Å². The number of phenols is 2. The number of azo groups is 2. The Morgan fingerprint density at radius 1 is 0.746 bits per heavy atom. The Bertz CT molecular complexity index is 3410. The van der Waals surface area contributed by atoms with Crippen molar-refractivity contribution in [3.63, 3.8) is 0 Å². The van der Waals surface area contributed by atoms with Crippen molar-refractivity contribution in [3.05, 3.63) is 53.8 Å². The zero-order chi connectivity index (χ0) is 52.1. The molecule has 0 atom stereocenters. The smallest absolute Gasteiger partial charge is 0.297 e. The summed E-state index contributed by atoms with van der Waals surface area (Å²) < 4.78 is 155. The summed E-state index contributed by atoms with van der Waals surface area (Å²) in [6.07, 6.45) is 0. The third kappa shape index (κ3) is 15.4. The summed E-state index contributed by atoms with van der Waals surface area (Å²) in [5.74, 6) is -3.33. The Balaban J connectivity index is 0.0000110. The van der Waals surface area contributed by atoms with Gasteiger partial charge in [-0.1, -0.05) is 0 Å². The maximum atomic E-state index is 13.1. The van der Waals surface area contributed by atoms with Gasteiger partial charge < -0.3 is 53.7 Å². The zero-order valence-corrected chi connectivity index (χ0v) is 42.5. The van der Waals surface area contributed by atoms with E-state index in [1.54, 1.807) is 11.9 Å². The van der Waals surface area contributed by atoms with Crippen LogP contribution in [0.4, 0.5) is 40.3 Å². The SMILES string of the molecule is COc1cc(N=Nc2cc(S(=O)(=O)O)ccc2O)c(N=Nc2c(S(=O)(=O)O)cc3c(S(=O)(=O)O)c(N(C)c4nc(Cl)nc(NCCN(C)CCS(=O)(=O)CCOP(=O)([O-])[O-])n4)ccc3c2O)cc1OC.[Cu].